The van der Waals surface area contributed by atoms with Gasteiger partial charge >= 0.3 is 0 Å². The fourth-order valence-electron chi connectivity index (χ4n) is 3.71. The highest BCUT2D eigenvalue weighted by molar-refractivity contribution is 7.99. The Morgan fingerprint density at radius 1 is 1.00 bits per heavy atom. The summed E-state index contributed by atoms with van der Waals surface area (Å²) in [6.07, 6.45) is 0. The Morgan fingerprint density at radius 2 is 1.65 bits per heavy atom. The summed E-state index contributed by atoms with van der Waals surface area (Å²) in [5.41, 5.74) is 4.62. The van der Waals surface area contributed by atoms with Crippen molar-refractivity contribution in [1.29, 1.82) is 0 Å². The molecule has 7 nitrogen and oxygen atoms in total. The molecule has 0 aliphatic rings. The molecule has 34 heavy (non-hydrogen) atoms. The molecule has 3 rings (SSSR count). The molecule has 2 aromatic carbocycles. The van der Waals surface area contributed by atoms with Crippen LogP contribution in [0.3, 0.4) is 0 Å². The molecule has 0 saturated heterocycles. The minimum absolute atomic E-state index is 0.0947. The molecule has 1 aromatic heterocycles. The highest BCUT2D eigenvalue weighted by Gasteiger charge is 2.26. The lowest BCUT2D eigenvalue weighted by Crippen LogP contribution is -2.33. The van der Waals surface area contributed by atoms with Crippen molar-refractivity contribution in [3.8, 4) is 0 Å². The van der Waals surface area contributed by atoms with Gasteiger partial charge in [-0.25, -0.2) is 0 Å². The Morgan fingerprint density at radius 3 is 2.24 bits per heavy atom. The highest BCUT2D eigenvalue weighted by atomic mass is 32.2. The van der Waals surface area contributed by atoms with E-state index in [2.05, 4.69) is 20.8 Å². The first-order valence-corrected chi connectivity index (χ1v) is 12.5. The smallest absolute Gasteiger partial charge is 0.251 e. The van der Waals surface area contributed by atoms with Crippen LogP contribution in [0.1, 0.15) is 59.7 Å². The van der Waals surface area contributed by atoms with Gasteiger partial charge in [0.2, 0.25) is 5.91 Å². The third kappa shape index (κ3) is 6.05. The second kappa shape index (κ2) is 11.3. The molecule has 1 atom stereocenters. The summed E-state index contributed by atoms with van der Waals surface area (Å²) in [6, 6.07) is 13.1. The fraction of sp³-hybridized carbons (Fsp3) is 0.385. The molecule has 180 valence electrons. The van der Waals surface area contributed by atoms with Crippen molar-refractivity contribution in [3.05, 3.63) is 70.5 Å². The zero-order chi connectivity index (χ0) is 24.8. The maximum absolute atomic E-state index is 12.9. The summed E-state index contributed by atoms with van der Waals surface area (Å²) < 4.78 is 1.97. The summed E-state index contributed by atoms with van der Waals surface area (Å²) in [5, 5.41) is 15.5. The topological polar surface area (TPSA) is 88.9 Å². The van der Waals surface area contributed by atoms with Crippen molar-refractivity contribution in [1.82, 2.24) is 20.1 Å². The predicted octanol–water partition coefficient (Wildman–Crippen LogP) is 5.08. The van der Waals surface area contributed by atoms with E-state index in [1.54, 1.807) is 0 Å². The van der Waals surface area contributed by atoms with Crippen LogP contribution in [0, 0.1) is 26.7 Å². The second-order valence-corrected chi connectivity index (χ2v) is 9.69. The van der Waals surface area contributed by atoms with Gasteiger partial charge in [0, 0.05) is 17.8 Å². The van der Waals surface area contributed by atoms with Crippen LogP contribution >= 0.6 is 11.8 Å². The summed E-state index contributed by atoms with van der Waals surface area (Å²) >= 11 is 1.34. The van der Waals surface area contributed by atoms with E-state index in [1.165, 1.54) is 11.8 Å². The number of aromatic nitrogens is 3. The van der Waals surface area contributed by atoms with E-state index in [4.69, 9.17) is 0 Å². The Hall–Kier alpha value is -3.13. The van der Waals surface area contributed by atoms with Crippen LogP contribution in [0.4, 0.5) is 5.69 Å². The Labute approximate surface area is 205 Å². The van der Waals surface area contributed by atoms with E-state index < -0.39 is 0 Å². The number of carbonyl (C=O) groups excluding carboxylic acids is 2. The molecule has 1 heterocycles. The highest BCUT2D eigenvalue weighted by Crippen LogP contribution is 2.26. The average Bonchev–Trinajstić information content (AvgIpc) is 3.21. The van der Waals surface area contributed by atoms with Crippen molar-refractivity contribution >= 4 is 29.3 Å². The molecular weight excluding hydrogens is 446 g/mol. The number of hydrogen-bond acceptors (Lipinski definition) is 5. The van der Waals surface area contributed by atoms with Gasteiger partial charge in [-0.3, -0.25) is 9.59 Å². The lowest BCUT2D eigenvalue weighted by molar-refractivity contribution is -0.113. The molecule has 2 amide bonds. The molecule has 0 aliphatic heterocycles. The number of amides is 2. The number of rotatable bonds is 9. The average molecular weight is 480 g/mol. The minimum Gasteiger partial charge on any atom is -0.342 e. The Bertz CT molecular complexity index is 1130. The van der Waals surface area contributed by atoms with Gasteiger partial charge in [0.25, 0.3) is 5.91 Å². The SMILES string of the molecule is CCn1c(SCC(=O)Nc2c(C)cccc2C)nnc1[C@H](NC(=O)c1ccc(C)cc1)C(C)C. The van der Waals surface area contributed by atoms with Crippen molar-refractivity contribution in [2.45, 2.75) is 59.3 Å². The van der Waals surface area contributed by atoms with Gasteiger partial charge in [0.15, 0.2) is 11.0 Å². The molecule has 8 heteroatoms. The predicted molar refractivity (Wildman–Crippen MR) is 137 cm³/mol. The Balaban J connectivity index is 1.72. The van der Waals surface area contributed by atoms with Gasteiger partial charge in [-0.05, 0) is 56.9 Å². The van der Waals surface area contributed by atoms with E-state index in [1.807, 2.05) is 88.6 Å². The summed E-state index contributed by atoms with van der Waals surface area (Å²) in [5.74, 6) is 0.771. The number of thioether (sulfide) groups is 1. The fourth-order valence-corrected chi connectivity index (χ4v) is 4.52. The van der Waals surface area contributed by atoms with Crippen molar-refractivity contribution < 1.29 is 9.59 Å². The Kier molecular flexibility index (Phi) is 8.50. The summed E-state index contributed by atoms with van der Waals surface area (Å²) in [6.45, 7) is 12.7. The quantitative estimate of drug-likeness (QED) is 0.418. The molecule has 0 bridgehead atoms. The van der Waals surface area contributed by atoms with Crippen molar-refractivity contribution in [2.24, 2.45) is 5.92 Å². The van der Waals surface area contributed by atoms with E-state index in [-0.39, 0.29) is 29.5 Å². The summed E-state index contributed by atoms with van der Waals surface area (Å²) in [7, 11) is 0. The first-order valence-electron chi connectivity index (χ1n) is 11.5. The maximum atomic E-state index is 12.9. The van der Waals surface area contributed by atoms with E-state index in [9.17, 15) is 9.59 Å². The van der Waals surface area contributed by atoms with Gasteiger partial charge in [0.1, 0.15) is 0 Å². The standard InChI is InChI=1S/C26H33N5O2S/c1-7-31-24(22(16(2)3)28-25(33)20-13-11-17(4)12-14-20)29-30-26(31)34-15-21(32)27-23-18(5)9-8-10-19(23)6/h8-14,16,22H,7,15H2,1-6H3,(H,27,32)(H,28,33)/t22-/m1/s1. The van der Waals surface area contributed by atoms with E-state index >= 15 is 0 Å². The first kappa shape index (κ1) is 25.5. The zero-order valence-electron chi connectivity index (χ0n) is 20.7. The number of hydrogen-bond donors (Lipinski definition) is 2. The maximum Gasteiger partial charge on any atom is 0.251 e. The van der Waals surface area contributed by atoms with Gasteiger partial charge in [0.05, 0.1) is 11.8 Å². The molecule has 0 spiro atoms. The number of benzene rings is 2. The van der Waals surface area contributed by atoms with Crippen LogP contribution in [0.5, 0.6) is 0 Å². The molecular formula is C26H33N5O2S. The first-order chi connectivity index (χ1) is 16.2. The molecule has 0 fully saturated rings. The van der Waals surface area contributed by atoms with Crippen LogP contribution in [0.15, 0.2) is 47.6 Å². The summed E-state index contributed by atoms with van der Waals surface area (Å²) in [4.78, 5) is 25.5. The molecule has 0 radical (unpaired) electrons. The van der Waals surface area contributed by atoms with Crippen LogP contribution in [0.25, 0.3) is 0 Å². The van der Waals surface area contributed by atoms with Gasteiger partial charge in [-0.15, -0.1) is 10.2 Å². The zero-order valence-corrected chi connectivity index (χ0v) is 21.5. The number of anilines is 1. The lowest BCUT2D eigenvalue weighted by Gasteiger charge is -2.22. The molecule has 2 N–H and O–H groups in total. The number of aryl methyl sites for hydroxylation is 3. The molecule has 3 aromatic rings. The van der Waals surface area contributed by atoms with Crippen LogP contribution < -0.4 is 10.6 Å². The van der Waals surface area contributed by atoms with Gasteiger partial charge in [-0.1, -0.05) is 61.5 Å². The van der Waals surface area contributed by atoms with Crippen LogP contribution in [-0.4, -0.2) is 32.3 Å². The van der Waals surface area contributed by atoms with Gasteiger partial charge in [-0.2, -0.15) is 0 Å². The lowest BCUT2D eigenvalue weighted by atomic mass is 10.0. The number of nitrogens with one attached hydrogen (secondary N) is 2. The number of nitrogens with zero attached hydrogens (tertiary/aromatic N) is 3. The monoisotopic (exact) mass is 479 g/mol. The normalized spacial score (nSPS) is 12.0. The third-order valence-corrected chi connectivity index (χ3v) is 6.65. The third-order valence-electron chi connectivity index (χ3n) is 5.68. The second-order valence-electron chi connectivity index (χ2n) is 8.75. The molecule has 0 saturated carbocycles. The number of para-hydroxylation sites is 1. The van der Waals surface area contributed by atoms with E-state index in [0.29, 0.717) is 23.1 Å². The van der Waals surface area contributed by atoms with Crippen LogP contribution in [0.2, 0.25) is 0 Å². The van der Waals surface area contributed by atoms with E-state index in [0.717, 1.165) is 22.4 Å². The van der Waals surface area contributed by atoms with Crippen molar-refractivity contribution in [2.75, 3.05) is 11.1 Å². The number of carbonyl (C=O) groups is 2. The molecule has 0 aliphatic carbocycles. The van der Waals surface area contributed by atoms with Gasteiger partial charge < -0.3 is 15.2 Å². The largest absolute Gasteiger partial charge is 0.342 e. The van der Waals surface area contributed by atoms with Crippen molar-refractivity contribution in [3.63, 3.8) is 0 Å². The minimum atomic E-state index is -0.306. The van der Waals surface area contributed by atoms with Crippen LogP contribution in [-0.2, 0) is 11.3 Å². The molecule has 0 unspecified atom stereocenters.